The van der Waals surface area contributed by atoms with Crippen LogP contribution in [0.15, 0.2) is 41.5 Å². The molecule has 0 radical (unpaired) electrons. The summed E-state index contributed by atoms with van der Waals surface area (Å²) in [5.41, 5.74) is 2.80. The number of carbonyl (C=O) groups is 1. The third-order valence-electron chi connectivity index (χ3n) is 4.29. The molecule has 2 aromatic rings. The number of guanidine groups is 1. The molecule has 1 heterocycles. The first-order valence-electron chi connectivity index (χ1n) is 9.07. The number of carbonyl (C=O) groups excluding carboxylic acids is 1. The van der Waals surface area contributed by atoms with E-state index in [0.717, 1.165) is 30.3 Å². The Labute approximate surface area is 166 Å². The van der Waals surface area contributed by atoms with Crippen LogP contribution >= 0.6 is 11.6 Å². The van der Waals surface area contributed by atoms with Crippen LogP contribution in [0.5, 0.6) is 0 Å². The predicted octanol–water partition coefficient (Wildman–Crippen LogP) is 3.41. The van der Waals surface area contributed by atoms with Crippen molar-refractivity contribution in [1.82, 2.24) is 14.8 Å². The van der Waals surface area contributed by atoms with Crippen LogP contribution in [0.25, 0.3) is 0 Å². The number of benzene rings is 1. The molecule has 0 aliphatic carbocycles. The minimum Gasteiger partial charge on any atom is -0.357 e. The van der Waals surface area contributed by atoms with Crippen LogP contribution in [0.1, 0.15) is 24.6 Å². The van der Waals surface area contributed by atoms with Crippen molar-refractivity contribution in [3.05, 3.63) is 52.8 Å². The second-order valence-electron chi connectivity index (χ2n) is 6.41. The highest BCUT2D eigenvalue weighted by atomic mass is 35.5. The lowest BCUT2D eigenvalue weighted by Crippen LogP contribution is -2.39. The van der Waals surface area contributed by atoms with Gasteiger partial charge in [0.15, 0.2) is 5.96 Å². The number of hydrogen-bond acceptors (Lipinski definition) is 2. The lowest BCUT2D eigenvalue weighted by atomic mass is 10.2. The Bertz CT molecular complexity index is 799. The van der Waals surface area contributed by atoms with Crippen molar-refractivity contribution in [1.29, 1.82) is 0 Å². The number of halogens is 1. The third-order valence-corrected chi connectivity index (χ3v) is 4.70. The molecule has 0 saturated carbocycles. The Kier molecular flexibility index (Phi) is 7.73. The largest absolute Gasteiger partial charge is 0.357 e. The maximum atomic E-state index is 12.2. The summed E-state index contributed by atoms with van der Waals surface area (Å²) in [6.45, 7) is 5.83. The van der Waals surface area contributed by atoms with Crippen molar-refractivity contribution in [3.63, 3.8) is 0 Å². The van der Waals surface area contributed by atoms with E-state index in [4.69, 9.17) is 11.6 Å². The topological polar surface area (TPSA) is 61.7 Å². The molecule has 1 aromatic carbocycles. The maximum absolute atomic E-state index is 12.2. The van der Waals surface area contributed by atoms with E-state index in [9.17, 15) is 4.79 Å². The minimum absolute atomic E-state index is 0.0787. The molecule has 27 heavy (non-hydrogen) atoms. The van der Waals surface area contributed by atoms with Gasteiger partial charge in [0.1, 0.15) is 0 Å². The van der Waals surface area contributed by atoms with E-state index in [0.29, 0.717) is 18.0 Å². The summed E-state index contributed by atoms with van der Waals surface area (Å²) in [5.74, 6) is 0.704. The van der Waals surface area contributed by atoms with E-state index in [1.54, 1.807) is 0 Å². The number of nitrogens with one attached hydrogen (secondary N) is 2. The number of aryl methyl sites for hydroxylation is 1. The summed E-state index contributed by atoms with van der Waals surface area (Å²) < 4.78 is 2.08. The van der Waals surface area contributed by atoms with E-state index in [1.165, 1.54) is 5.69 Å². The highest BCUT2D eigenvalue weighted by molar-refractivity contribution is 6.31. The quantitative estimate of drug-likeness (QED) is 0.563. The van der Waals surface area contributed by atoms with Crippen molar-refractivity contribution in [2.75, 3.05) is 25.5 Å². The highest BCUT2D eigenvalue weighted by Gasteiger charge is 2.10. The van der Waals surface area contributed by atoms with Crippen LogP contribution in [-0.2, 0) is 18.4 Å². The fourth-order valence-corrected chi connectivity index (χ4v) is 2.84. The van der Waals surface area contributed by atoms with Gasteiger partial charge in [-0.05, 0) is 43.7 Å². The van der Waals surface area contributed by atoms with Gasteiger partial charge in [0.05, 0.1) is 13.1 Å². The summed E-state index contributed by atoms with van der Waals surface area (Å²) in [7, 11) is 4.01. The second kappa shape index (κ2) is 10.0. The molecule has 2 N–H and O–H groups in total. The summed E-state index contributed by atoms with van der Waals surface area (Å²) in [5, 5.41) is 6.81. The molecule has 0 fully saturated rings. The zero-order valence-electron chi connectivity index (χ0n) is 16.4. The van der Waals surface area contributed by atoms with Crippen LogP contribution in [0, 0.1) is 6.92 Å². The van der Waals surface area contributed by atoms with Crippen molar-refractivity contribution in [3.8, 4) is 0 Å². The van der Waals surface area contributed by atoms with E-state index in [2.05, 4.69) is 31.2 Å². The van der Waals surface area contributed by atoms with E-state index in [1.807, 2.05) is 58.4 Å². The maximum Gasteiger partial charge on any atom is 0.226 e. The van der Waals surface area contributed by atoms with Gasteiger partial charge in [-0.1, -0.05) is 17.7 Å². The molecule has 1 aromatic heterocycles. The Morgan fingerprint density at radius 1 is 1.30 bits per heavy atom. The minimum atomic E-state index is -0.0787. The standard InChI is InChI=1S/C20H28ClN5O/c1-5-22-20(26(4)14-16-8-7-13-25(16)3)23-12-11-19(27)24-18-10-6-9-17(21)15(18)2/h6-10,13H,5,11-12,14H2,1-4H3,(H,22,23)(H,24,27). The Morgan fingerprint density at radius 2 is 2.07 bits per heavy atom. The molecule has 0 unspecified atom stereocenters. The average molecular weight is 390 g/mol. The van der Waals surface area contributed by atoms with Crippen LogP contribution in [0.3, 0.4) is 0 Å². The molecule has 0 aliphatic heterocycles. The highest BCUT2D eigenvalue weighted by Crippen LogP contribution is 2.22. The second-order valence-corrected chi connectivity index (χ2v) is 6.82. The van der Waals surface area contributed by atoms with Crippen LogP contribution < -0.4 is 10.6 Å². The van der Waals surface area contributed by atoms with E-state index >= 15 is 0 Å². The fourth-order valence-electron chi connectivity index (χ4n) is 2.67. The van der Waals surface area contributed by atoms with Gasteiger partial charge in [0, 0.05) is 49.7 Å². The predicted molar refractivity (Wildman–Crippen MR) is 112 cm³/mol. The smallest absolute Gasteiger partial charge is 0.226 e. The molecule has 146 valence electrons. The number of rotatable bonds is 7. The molecular weight excluding hydrogens is 362 g/mol. The summed E-state index contributed by atoms with van der Waals surface area (Å²) in [4.78, 5) is 18.9. The number of aromatic nitrogens is 1. The van der Waals surface area contributed by atoms with Gasteiger partial charge in [-0.15, -0.1) is 0 Å². The van der Waals surface area contributed by atoms with Crippen LogP contribution in [-0.4, -0.2) is 41.5 Å². The molecule has 1 amide bonds. The third kappa shape index (κ3) is 6.03. The lowest BCUT2D eigenvalue weighted by Gasteiger charge is -2.22. The van der Waals surface area contributed by atoms with Gasteiger partial charge >= 0.3 is 0 Å². The first-order valence-corrected chi connectivity index (χ1v) is 9.44. The van der Waals surface area contributed by atoms with Gasteiger partial charge in [0.25, 0.3) is 0 Å². The van der Waals surface area contributed by atoms with E-state index < -0.39 is 0 Å². The van der Waals surface area contributed by atoms with Crippen LogP contribution in [0.2, 0.25) is 5.02 Å². The molecule has 6 nitrogen and oxygen atoms in total. The Hall–Kier alpha value is -2.47. The van der Waals surface area contributed by atoms with Gasteiger partial charge in [0.2, 0.25) is 5.91 Å². The monoisotopic (exact) mass is 389 g/mol. The molecule has 0 aliphatic rings. The zero-order valence-corrected chi connectivity index (χ0v) is 17.2. The lowest BCUT2D eigenvalue weighted by molar-refractivity contribution is -0.116. The molecular formula is C20H28ClN5O. The summed E-state index contributed by atoms with van der Waals surface area (Å²) in [6, 6.07) is 9.59. The number of nitrogens with zero attached hydrogens (tertiary/aromatic N) is 3. The van der Waals surface area contributed by atoms with Crippen LogP contribution in [0.4, 0.5) is 5.69 Å². The Balaban J connectivity index is 1.93. The number of anilines is 1. The van der Waals surface area contributed by atoms with Gasteiger partial charge in [-0.25, -0.2) is 0 Å². The summed E-state index contributed by atoms with van der Waals surface area (Å²) >= 11 is 6.09. The molecule has 0 atom stereocenters. The zero-order chi connectivity index (χ0) is 19.8. The van der Waals surface area contributed by atoms with Crippen molar-refractivity contribution < 1.29 is 4.79 Å². The van der Waals surface area contributed by atoms with Crippen molar-refractivity contribution >= 4 is 29.2 Å². The Morgan fingerprint density at radius 3 is 2.74 bits per heavy atom. The molecule has 7 heteroatoms. The van der Waals surface area contributed by atoms with Gasteiger partial charge in [-0.2, -0.15) is 0 Å². The first kappa shape index (κ1) is 20.8. The number of amides is 1. The van der Waals surface area contributed by atoms with Gasteiger partial charge < -0.3 is 20.1 Å². The molecule has 0 bridgehead atoms. The number of hydrogen-bond donors (Lipinski definition) is 2. The number of aliphatic imine (C=N–C) groups is 1. The molecule has 2 rings (SSSR count). The normalized spacial score (nSPS) is 11.4. The first-order chi connectivity index (χ1) is 12.9. The van der Waals surface area contributed by atoms with Crippen molar-refractivity contribution in [2.24, 2.45) is 12.0 Å². The average Bonchev–Trinajstić information content (AvgIpc) is 3.03. The SMILES string of the molecule is CCNC(=NCCC(=O)Nc1cccc(Cl)c1C)N(C)Cc1cccn1C. The molecule has 0 saturated heterocycles. The van der Waals surface area contributed by atoms with Gasteiger partial charge in [-0.3, -0.25) is 9.79 Å². The molecule has 0 spiro atoms. The van der Waals surface area contributed by atoms with E-state index in [-0.39, 0.29) is 5.91 Å². The summed E-state index contributed by atoms with van der Waals surface area (Å²) in [6.07, 6.45) is 2.33. The fraction of sp³-hybridized carbons (Fsp3) is 0.400. The van der Waals surface area contributed by atoms with Crippen molar-refractivity contribution in [2.45, 2.75) is 26.8 Å².